The maximum absolute atomic E-state index is 5.79. The molecule has 9 heavy (non-hydrogen) atoms. The topological polar surface area (TPSA) is 26.0 Å². The van der Waals surface area contributed by atoms with Crippen LogP contribution in [0.15, 0.2) is 0 Å². The van der Waals surface area contributed by atoms with E-state index in [0.29, 0.717) is 0 Å². The van der Waals surface area contributed by atoms with E-state index in [-0.39, 0.29) is 5.54 Å². The minimum Gasteiger partial charge on any atom is -0.325 e. The normalized spacial score (nSPS) is 17.3. The maximum atomic E-state index is 5.79. The number of nitrogens with two attached hydrogens (primary N) is 1. The predicted molar refractivity (Wildman–Crippen MR) is 42.1 cm³/mol. The summed E-state index contributed by atoms with van der Waals surface area (Å²) in [4.78, 5) is 0. The van der Waals surface area contributed by atoms with Crippen LogP contribution in [0, 0.1) is 6.92 Å². The Morgan fingerprint density at radius 2 is 2.00 bits per heavy atom. The number of hydrogen-bond donors (Lipinski definition) is 1. The van der Waals surface area contributed by atoms with Crippen LogP contribution in [0.5, 0.6) is 0 Å². The predicted octanol–water partition coefficient (Wildman–Crippen LogP) is 2.12. The summed E-state index contributed by atoms with van der Waals surface area (Å²) in [5.41, 5.74) is 5.63. The molecule has 0 aromatic rings. The van der Waals surface area contributed by atoms with Crippen molar-refractivity contribution in [3.8, 4) is 0 Å². The highest BCUT2D eigenvalue weighted by Crippen LogP contribution is 2.12. The SMILES string of the molecule is [CH2]C(N)(CC)CCCC. The quantitative estimate of drug-likeness (QED) is 0.616. The lowest BCUT2D eigenvalue weighted by molar-refractivity contribution is 0.448. The van der Waals surface area contributed by atoms with Crippen LogP contribution in [0.3, 0.4) is 0 Å². The van der Waals surface area contributed by atoms with E-state index in [2.05, 4.69) is 20.8 Å². The van der Waals surface area contributed by atoms with Crippen molar-refractivity contribution in [2.75, 3.05) is 0 Å². The molecule has 0 aliphatic heterocycles. The van der Waals surface area contributed by atoms with Gasteiger partial charge in [-0.2, -0.15) is 0 Å². The first-order chi connectivity index (χ1) is 4.12. The van der Waals surface area contributed by atoms with Crippen molar-refractivity contribution >= 4 is 0 Å². The fraction of sp³-hybridized carbons (Fsp3) is 0.875. The molecule has 0 saturated heterocycles. The molecule has 1 heteroatoms. The Morgan fingerprint density at radius 3 is 2.33 bits per heavy atom. The first-order valence-electron chi connectivity index (χ1n) is 3.76. The molecule has 1 atom stereocenters. The van der Waals surface area contributed by atoms with Crippen molar-refractivity contribution in [3.63, 3.8) is 0 Å². The summed E-state index contributed by atoms with van der Waals surface area (Å²) < 4.78 is 0. The Balaban J connectivity index is 3.33. The fourth-order valence-corrected chi connectivity index (χ4v) is 0.706. The minimum absolute atomic E-state index is 0.157. The standard InChI is InChI=1S/C8H18N/c1-4-6-7-8(3,9)5-2/h3-7,9H2,1-2H3. The Morgan fingerprint density at radius 1 is 1.44 bits per heavy atom. The Hall–Kier alpha value is -0.0400. The second-order valence-corrected chi connectivity index (χ2v) is 2.82. The molecule has 0 amide bonds. The monoisotopic (exact) mass is 128 g/mol. The first kappa shape index (κ1) is 8.96. The molecule has 1 unspecified atom stereocenters. The average molecular weight is 128 g/mol. The molecular weight excluding hydrogens is 110 g/mol. The average Bonchev–Trinajstić information content (AvgIpc) is 1.84. The van der Waals surface area contributed by atoms with E-state index in [0.717, 1.165) is 12.8 Å². The van der Waals surface area contributed by atoms with E-state index in [1.54, 1.807) is 0 Å². The van der Waals surface area contributed by atoms with Gasteiger partial charge in [0.2, 0.25) is 0 Å². The summed E-state index contributed by atoms with van der Waals surface area (Å²) in [6.45, 7) is 8.16. The molecule has 2 N–H and O–H groups in total. The van der Waals surface area contributed by atoms with Crippen molar-refractivity contribution in [1.29, 1.82) is 0 Å². The molecule has 0 bridgehead atoms. The largest absolute Gasteiger partial charge is 0.325 e. The van der Waals surface area contributed by atoms with Crippen LogP contribution in [-0.4, -0.2) is 5.54 Å². The zero-order valence-electron chi connectivity index (χ0n) is 6.61. The Bertz CT molecular complexity index is 67.0. The molecule has 0 rings (SSSR count). The fourth-order valence-electron chi connectivity index (χ4n) is 0.706. The second-order valence-electron chi connectivity index (χ2n) is 2.82. The molecule has 0 spiro atoms. The smallest absolute Gasteiger partial charge is 0.0152 e. The van der Waals surface area contributed by atoms with Crippen LogP contribution < -0.4 is 5.73 Å². The Kier molecular flexibility index (Phi) is 3.87. The van der Waals surface area contributed by atoms with Gasteiger partial charge in [-0.15, -0.1) is 0 Å². The van der Waals surface area contributed by atoms with Crippen LogP contribution in [0.1, 0.15) is 39.5 Å². The summed E-state index contributed by atoms with van der Waals surface area (Å²) in [5, 5.41) is 0. The van der Waals surface area contributed by atoms with E-state index in [4.69, 9.17) is 5.73 Å². The lowest BCUT2D eigenvalue weighted by Gasteiger charge is -2.21. The van der Waals surface area contributed by atoms with Crippen LogP contribution in [0.4, 0.5) is 0 Å². The van der Waals surface area contributed by atoms with E-state index < -0.39 is 0 Å². The van der Waals surface area contributed by atoms with Gasteiger partial charge in [-0.05, 0) is 19.8 Å². The molecule has 0 saturated carbocycles. The third kappa shape index (κ3) is 4.46. The van der Waals surface area contributed by atoms with Gasteiger partial charge < -0.3 is 5.73 Å². The highest BCUT2D eigenvalue weighted by atomic mass is 14.7. The van der Waals surface area contributed by atoms with E-state index >= 15 is 0 Å². The molecule has 1 radical (unpaired) electrons. The van der Waals surface area contributed by atoms with Crippen molar-refractivity contribution in [3.05, 3.63) is 6.92 Å². The number of unbranched alkanes of at least 4 members (excludes halogenated alkanes) is 1. The van der Waals surface area contributed by atoms with Gasteiger partial charge in [-0.1, -0.05) is 26.7 Å². The molecule has 0 aliphatic rings. The summed E-state index contributed by atoms with van der Waals surface area (Å²) in [6, 6.07) is 0. The highest BCUT2D eigenvalue weighted by Gasteiger charge is 2.13. The Labute approximate surface area is 58.6 Å². The molecular formula is C8H18N. The van der Waals surface area contributed by atoms with Crippen LogP contribution in [-0.2, 0) is 0 Å². The van der Waals surface area contributed by atoms with E-state index in [1.807, 2.05) is 0 Å². The van der Waals surface area contributed by atoms with Crippen molar-refractivity contribution < 1.29 is 0 Å². The van der Waals surface area contributed by atoms with Gasteiger partial charge in [-0.3, -0.25) is 0 Å². The molecule has 0 aromatic heterocycles. The zero-order chi connectivity index (χ0) is 7.33. The van der Waals surface area contributed by atoms with Crippen molar-refractivity contribution in [2.24, 2.45) is 5.73 Å². The first-order valence-corrected chi connectivity index (χ1v) is 3.76. The maximum Gasteiger partial charge on any atom is 0.0152 e. The van der Waals surface area contributed by atoms with E-state index in [9.17, 15) is 0 Å². The minimum atomic E-state index is -0.157. The van der Waals surface area contributed by atoms with Crippen molar-refractivity contribution in [1.82, 2.24) is 0 Å². The van der Waals surface area contributed by atoms with Gasteiger partial charge in [0.25, 0.3) is 0 Å². The number of rotatable bonds is 4. The van der Waals surface area contributed by atoms with Gasteiger partial charge in [0.15, 0.2) is 0 Å². The summed E-state index contributed by atoms with van der Waals surface area (Å²) in [7, 11) is 0. The summed E-state index contributed by atoms with van der Waals surface area (Å²) in [5.74, 6) is 0. The number of hydrogen-bond acceptors (Lipinski definition) is 1. The molecule has 55 valence electrons. The molecule has 0 heterocycles. The van der Waals surface area contributed by atoms with Crippen LogP contribution in [0.25, 0.3) is 0 Å². The van der Waals surface area contributed by atoms with Gasteiger partial charge >= 0.3 is 0 Å². The van der Waals surface area contributed by atoms with Crippen LogP contribution in [0.2, 0.25) is 0 Å². The lowest BCUT2D eigenvalue weighted by atomic mass is 9.94. The molecule has 0 aliphatic carbocycles. The summed E-state index contributed by atoms with van der Waals surface area (Å²) in [6.07, 6.45) is 4.45. The third-order valence-electron chi connectivity index (χ3n) is 1.73. The highest BCUT2D eigenvalue weighted by molar-refractivity contribution is 4.84. The van der Waals surface area contributed by atoms with E-state index in [1.165, 1.54) is 12.8 Å². The summed E-state index contributed by atoms with van der Waals surface area (Å²) >= 11 is 0. The molecule has 1 nitrogen and oxygen atoms in total. The van der Waals surface area contributed by atoms with Crippen molar-refractivity contribution in [2.45, 2.75) is 45.1 Å². The van der Waals surface area contributed by atoms with Gasteiger partial charge in [0.05, 0.1) is 0 Å². The zero-order valence-corrected chi connectivity index (χ0v) is 6.61. The molecule has 0 aromatic carbocycles. The second kappa shape index (κ2) is 3.89. The third-order valence-corrected chi connectivity index (χ3v) is 1.73. The lowest BCUT2D eigenvalue weighted by Crippen LogP contribution is -2.35. The van der Waals surface area contributed by atoms with Gasteiger partial charge in [0, 0.05) is 5.54 Å². The molecule has 0 fully saturated rings. The van der Waals surface area contributed by atoms with Crippen LogP contribution >= 0.6 is 0 Å². The van der Waals surface area contributed by atoms with Gasteiger partial charge in [-0.25, -0.2) is 0 Å². The van der Waals surface area contributed by atoms with Gasteiger partial charge in [0.1, 0.15) is 0 Å².